The van der Waals surface area contributed by atoms with Crippen molar-refractivity contribution in [3.05, 3.63) is 11.3 Å². The molecule has 1 atom stereocenters. The number of primary amides is 1. The van der Waals surface area contributed by atoms with Crippen molar-refractivity contribution >= 4 is 11.9 Å². The summed E-state index contributed by atoms with van der Waals surface area (Å²) >= 11 is 0. The standard InChI is InChI=1S/C14H23N5O2/c1-3-19-7-5-6-9(19)8-10-11(12(15)20)13(21-4-2)18-14(16)17-10/h9H,3-8H2,1-2H3,(H2,15,20)(H2,16,17,18). The number of anilines is 1. The Morgan fingerprint density at radius 3 is 2.81 bits per heavy atom. The van der Waals surface area contributed by atoms with Crippen molar-refractivity contribution in [1.29, 1.82) is 0 Å². The SMILES string of the molecule is CCOc1nc(N)nc(CC2CCCN2CC)c1C(N)=O. The number of hydrogen-bond acceptors (Lipinski definition) is 6. The van der Waals surface area contributed by atoms with E-state index in [1.807, 2.05) is 6.92 Å². The fourth-order valence-corrected chi connectivity index (χ4v) is 2.90. The van der Waals surface area contributed by atoms with Crippen molar-refractivity contribution < 1.29 is 9.53 Å². The van der Waals surface area contributed by atoms with Crippen LogP contribution in [0.4, 0.5) is 5.95 Å². The summed E-state index contributed by atoms with van der Waals surface area (Å²) in [5, 5.41) is 0. The van der Waals surface area contributed by atoms with E-state index in [9.17, 15) is 4.79 Å². The van der Waals surface area contributed by atoms with Crippen LogP contribution in [-0.4, -0.2) is 46.5 Å². The average molecular weight is 293 g/mol. The number of aromatic nitrogens is 2. The molecule has 0 radical (unpaired) electrons. The van der Waals surface area contributed by atoms with E-state index in [0.717, 1.165) is 25.9 Å². The highest BCUT2D eigenvalue weighted by atomic mass is 16.5. The van der Waals surface area contributed by atoms with E-state index in [1.54, 1.807) is 0 Å². The number of rotatable bonds is 6. The van der Waals surface area contributed by atoms with Gasteiger partial charge < -0.3 is 21.1 Å². The van der Waals surface area contributed by atoms with Crippen molar-refractivity contribution in [2.45, 2.75) is 39.2 Å². The first kappa shape index (κ1) is 15.5. The number of amides is 1. The van der Waals surface area contributed by atoms with Crippen LogP contribution < -0.4 is 16.2 Å². The van der Waals surface area contributed by atoms with E-state index in [1.165, 1.54) is 0 Å². The van der Waals surface area contributed by atoms with Gasteiger partial charge in [0.2, 0.25) is 11.8 Å². The number of likely N-dealkylation sites (tertiary alicyclic amines) is 1. The van der Waals surface area contributed by atoms with Crippen molar-refractivity contribution in [2.75, 3.05) is 25.4 Å². The second-order valence-corrected chi connectivity index (χ2v) is 5.13. The van der Waals surface area contributed by atoms with Crippen LogP contribution in [0.15, 0.2) is 0 Å². The third-order valence-electron chi connectivity index (χ3n) is 3.83. The summed E-state index contributed by atoms with van der Waals surface area (Å²) < 4.78 is 5.39. The van der Waals surface area contributed by atoms with Gasteiger partial charge in [-0.1, -0.05) is 6.92 Å². The zero-order valence-corrected chi connectivity index (χ0v) is 12.6. The molecule has 7 heteroatoms. The summed E-state index contributed by atoms with van der Waals surface area (Å²) in [6.07, 6.45) is 2.88. The number of carbonyl (C=O) groups is 1. The molecule has 1 unspecified atom stereocenters. The Bertz CT molecular complexity index is 520. The number of carbonyl (C=O) groups excluding carboxylic acids is 1. The summed E-state index contributed by atoms with van der Waals surface area (Å²) in [4.78, 5) is 22.4. The van der Waals surface area contributed by atoms with E-state index in [0.29, 0.717) is 24.8 Å². The van der Waals surface area contributed by atoms with Gasteiger partial charge >= 0.3 is 0 Å². The maximum absolute atomic E-state index is 11.8. The van der Waals surface area contributed by atoms with E-state index in [4.69, 9.17) is 16.2 Å². The van der Waals surface area contributed by atoms with Gasteiger partial charge in [0.25, 0.3) is 5.91 Å². The molecule has 1 aromatic heterocycles. The van der Waals surface area contributed by atoms with Crippen LogP contribution in [0.5, 0.6) is 5.88 Å². The summed E-state index contributed by atoms with van der Waals surface area (Å²) in [6, 6.07) is 0.358. The molecule has 21 heavy (non-hydrogen) atoms. The average Bonchev–Trinajstić information content (AvgIpc) is 2.85. The van der Waals surface area contributed by atoms with Gasteiger partial charge in [0, 0.05) is 12.5 Å². The highest BCUT2D eigenvalue weighted by Crippen LogP contribution is 2.25. The van der Waals surface area contributed by atoms with E-state index < -0.39 is 5.91 Å². The monoisotopic (exact) mass is 293 g/mol. The molecule has 4 N–H and O–H groups in total. The van der Waals surface area contributed by atoms with Crippen LogP contribution in [0.3, 0.4) is 0 Å². The molecule has 1 amide bonds. The molecule has 7 nitrogen and oxygen atoms in total. The molecule has 1 aliphatic heterocycles. The summed E-state index contributed by atoms with van der Waals surface area (Å²) in [6.45, 7) is 6.40. The Morgan fingerprint density at radius 1 is 1.43 bits per heavy atom. The quantitative estimate of drug-likeness (QED) is 0.794. The zero-order chi connectivity index (χ0) is 15.4. The van der Waals surface area contributed by atoms with Crippen molar-refractivity contribution in [2.24, 2.45) is 5.73 Å². The molecule has 1 aliphatic rings. The highest BCUT2D eigenvalue weighted by Gasteiger charge is 2.27. The molecule has 1 saturated heterocycles. The molecule has 0 aliphatic carbocycles. The maximum atomic E-state index is 11.8. The molecule has 116 valence electrons. The summed E-state index contributed by atoms with van der Waals surface area (Å²) in [7, 11) is 0. The van der Waals surface area contributed by atoms with E-state index >= 15 is 0 Å². The lowest BCUT2D eigenvalue weighted by Crippen LogP contribution is -2.32. The largest absolute Gasteiger partial charge is 0.477 e. The van der Waals surface area contributed by atoms with Gasteiger partial charge in [-0.05, 0) is 32.9 Å². The van der Waals surface area contributed by atoms with Crippen LogP contribution in [0.2, 0.25) is 0 Å². The summed E-state index contributed by atoms with van der Waals surface area (Å²) in [5.41, 5.74) is 12.1. The van der Waals surface area contributed by atoms with Crippen molar-refractivity contribution in [3.63, 3.8) is 0 Å². The third-order valence-corrected chi connectivity index (χ3v) is 3.83. The Kier molecular flexibility index (Phi) is 4.95. The normalized spacial score (nSPS) is 18.9. The zero-order valence-electron chi connectivity index (χ0n) is 12.6. The fraction of sp³-hybridized carbons (Fsp3) is 0.643. The van der Waals surface area contributed by atoms with Crippen LogP contribution in [0, 0.1) is 0 Å². The first-order valence-electron chi connectivity index (χ1n) is 7.39. The first-order chi connectivity index (χ1) is 10.1. The van der Waals surface area contributed by atoms with Crippen LogP contribution in [0.1, 0.15) is 42.7 Å². The van der Waals surface area contributed by atoms with Crippen LogP contribution >= 0.6 is 0 Å². The second kappa shape index (κ2) is 6.71. The molecule has 2 heterocycles. The number of ether oxygens (including phenoxy) is 1. The Balaban J connectivity index is 2.35. The minimum absolute atomic E-state index is 0.111. The van der Waals surface area contributed by atoms with Crippen LogP contribution in [0.25, 0.3) is 0 Å². The smallest absolute Gasteiger partial charge is 0.256 e. The molecule has 0 saturated carbocycles. The molecule has 0 spiro atoms. The van der Waals surface area contributed by atoms with Gasteiger partial charge in [-0.2, -0.15) is 4.98 Å². The fourth-order valence-electron chi connectivity index (χ4n) is 2.90. The first-order valence-corrected chi connectivity index (χ1v) is 7.39. The van der Waals surface area contributed by atoms with Crippen molar-refractivity contribution in [3.8, 4) is 5.88 Å². The van der Waals surface area contributed by atoms with E-state index in [-0.39, 0.29) is 17.4 Å². The molecule has 1 aromatic rings. The van der Waals surface area contributed by atoms with Gasteiger partial charge in [-0.25, -0.2) is 4.98 Å². The van der Waals surface area contributed by atoms with Gasteiger partial charge in [0.1, 0.15) is 5.56 Å². The predicted molar refractivity (Wildman–Crippen MR) is 80.1 cm³/mol. The van der Waals surface area contributed by atoms with Crippen LogP contribution in [-0.2, 0) is 6.42 Å². The lowest BCUT2D eigenvalue weighted by molar-refractivity contribution is 0.0994. The van der Waals surface area contributed by atoms with Gasteiger partial charge in [0.15, 0.2) is 0 Å². The Labute approximate surface area is 124 Å². The van der Waals surface area contributed by atoms with Crippen molar-refractivity contribution in [1.82, 2.24) is 14.9 Å². The van der Waals surface area contributed by atoms with Gasteiger partial charge in [0.05, 0.1) is 12.3 Å². The topological polar surface area (TPSA) is 107 Å². The maximum Gasteiger partial charge on any atom is 0.256 e. The third kappa shape index (κ3) is 3.41. The summed E-state index contributed by atoms with van der Waals surface area (Å²) in [5.74, 6) is -0.275. The van der Waals surface area contributed by atoms with Gasteiger partial charge in [-0.3, -0.25) is 4.79 Å². The molecular formula is C14H23N5O2. The predicted octanol–water partition coefficient (Wildman–Crippen LogP) is 0.583. The van der Waals surface area contributed by atoms with Gasteiger partial charge in [-0.15, -0.1) is 0 Å². The number of likely N-dealkylation sites (N-methyl/N-ethyl adjacent to an activating group) is 1. The Hall–Kier alpha value is -1.89. The number of hydrogen-bond donors (Lipinski definition) is 2. The molecular weight excluding hydrogens is 270 g/mol. The minimum atomic E-state index is -0.575. The second-order valence-electron chi connectivity index (χ2n) is 5.13. The highest BCUT2D eigenvalue weighted by molar-refractivity contribution is 5.96. The molecule has 0 aromatic carbocycles. The van der Waals surface area contributed by atoms with E-state index in [2.05, 4.69) is 21.8 Å². The Morgan fingerprint density at radius 2 is 2.19 bits per heavy atom. The lowest BCUT2D eigenvalue weighted by atomic mass is 10.0. The molecule has 1 fully saturated rings. The minimum Gasteiger partial charge on any atom is -0.477 e. The number of nitrogens with two attached hydrogens (primary N) is 2. The number of nitrogen functional groups attached to an aromatic ring is 1. The number of nitrogens with zero attached hydrogens (tertiary/aromatic N) is 3. The molecule has 2 rings (SSSR count). The molecule has 0 bridgehead atoms. The lowest BCUT2D eigenvalue weighted by Gasteiger charge is -2.23.